The third-order valence-corrected chi connectivity index (χ3v) is 3.04. The zero-order valence-corrected chi connectivity index (χ0v) is 17.3. The Hall–Kier alpha value is -2.86. The molecule has 1 amide bonds. The Morgan fingerprint density at radius 1 is 0.800 bits per heavy atom. The van der Waals surface area contributed by atoms with Crippen LogP contribution in [0.5, 0.6) is 0 Å². The zero-order chi connectivity index (χ0) is 23.8. The summed E-state index contributed by atoms with van der Waals surface area (Å²) in [7, 11) is 2.50. The third-order valence-electron chi connectivity index (χ3n) is 3.04. The lowest BCUT2D eigenvalue weighted by Gasteiger charge is -2.22. The van der Waals surface area contributed by atoms with Crippen LogP contribution in [0.25, 0.3) is 0 Å². The second-order valence-corrected chi connectivity index (χ2v) is 5.29. The van der Waals surface area contributed by atoms with E-state index in [2.05, 4.69) is 0 Å². The Morgan fingerprint density at radius 2 is 1.30 bits per heavy atom. The Morgan fingerprint density at radius 3 is 1.73 bits per heavy atom. The molecule has 0 aliphatic rings. The molecular formula is C18H31NO11. The number of methoxy groups -OCH3 is 1. The van der Waals surface area contributed by atoms with Crippen LogP contribution < -0.4 is 0 Å². The fourth-order valence-electron chi connectivity index (χ4n) is 1.64. The lowest BCUT2D eigenvalue weighted by molar-refractivity contribution is -0.149. The number of aliphatic hydroxyl groups excluding tert-OH is 1. The molecule has 0 heterocycles. The van der Waals surface area contributed by atoms with Gasteiger partial charge in [-0.05, 0) is 0 Å². The standard InChI is InChI=1S/C13H21NO7.C4H6O3.CH4O/c1-20-9-6-14(11(16)3-2-8-15)7-10-21-13(19)5-4-12(17)18;5-3-1-2-4(6)7;1-2/h8H,2-7,9-10H2,1H3,(H,17,18);3H,1-2H2,(H,6,7);2H,1H3. The van der Waals surface area contributed by atoms with Crippen LogP contribution in [-0.2, 0) is 38.2 Å². The molecule has 0 rings (SSSR count). The molecule has 0 bridgehead atoms. The molecule has 0 aromatic heterocycles. The number of carbonyl (C=O) groups excluding carboxylic acids is 4. The molecule has 0 saturated carbocycles. The first kappa shape index (κ1) is 31.8. The van der Waals surface area contributed by atoms with Gasteiger partial charge in [0.05, 0.1) is 32.4 Å². The highest BCUT2D eigenvalue weighted by atomic mass is 16.5. The maximum atomic E-state index is 11.8. The van der Waals surface area contributed by atoms with E-state index in [4.69, 9.17) is 24.8 Å². The van der Waals surface area contributed by atoms with Crippen LogP contribution >= 0.6 is 0 Å². The normalized spacial score (nSPS) is 9.03. The van der Waals surface area contributed by atoms with Gasteiger partial charge in [-0.1, -0.05) is 0 Å². The van der Waals surface area contributed by atoms with E-state index in [-0.39, 0.29) is 57.6 Å². The van der Waals surface area contributed by atoms with E-state index in [0.717, 1.165) is 7.11 Å². The van der Waals surface area contributed by atoms with Crippen molar-refractivity contribution in [1.82, 2.24) is 4.90 Å². The van der Waals surface area contributed by atoms with Gasteiger partial charge >= 0.3 is 17.9 Å². The number of ether oxygens (including phenoxy) is 2. The van der Waals surface area contributed by atoms with Gasteiger partial charge in [-0.2, -0.15) is 0 Å². The van der Waals surface area contributed by atoms with Crippen molar-refractivity contribution >= 4 is 36.4 Å². The van der Waals surface area contributed by atoms with Crippen LogP contribution in [0.2, 0.25) is 0 Å². The molecule has 30 heavy (non-hydrogen) atoms. The second-order valence-electron chi connectivity index (χ2n) is 5.29. The van der Waals surface area contributed by atoms with Crippen molar-refractivity contribution in [3.05, 3.63) is 0 Å². The average molecular weight is 437 g/mol. The number of esters is 1. The molecule has 0 unspecified atom stereocenters. The number of rotatable bonds is 15. The maximum absolute atomic E-state index is 11.8. The molecule has 0 aliphatic carbocycles. The smallest absolute Gasteiger partial charge is 0.306 e. The maximum Gasteiger partial charge on any atom is 0.306 e. The van der Waals surface area contributed by atoms with Gasteiger partial charge in [0.15, 0.2) is 0 Å². The topological polar surface area (TPSA) is 185 Å². The van der Waals surface area contributed by atoms with Gasteiger partial charge in [0, 0.05) is 40.0 Å². The number of hydrogen-bond acceptors (Lipinski definition) is 9. The van der Waals surface area contributed by atoms with Crippen LogP contribution in [0.15, 0.2) is 0 Å². The van der Waals surface area contributed by atoms with Gasteiger partial charge in [0.1, 0.15) is 19.2 Å². The molecule has 12 heteroatoms. The average Bonchev–Trinajstić information content (AvgIpc) is 2.73. The summed E-state index contributed by atoms with van der Waals surface area (Å²) in [5.41, 5.74) is 0. The summed E-state index contributed by atoms with van der Waals surface area (Å²) in [4.78, 5) is 64.1. The van der Waals surface area contributed by atoms with Crippen molar-refractivity contribution in [3.8, 4) is 0 Å². The van der Waals surface area contributed by atoms with Crippen LogP contribution in [0.1, 0.15) is 38.5 Å². The van der Waals surface area contributed by atoms with Crippen LogP contribution in [0, 0.1) is 0 Å². The molecule has 0 aromatic rings. The summed E-state index contributed by atoms with van der Waals surface area (Å²) in [5.74, 6) is -2.84. The van der Waals surface area contributed by atoms with Crippen molar-refractivity contribution in [1.29, 1.82) is 0 Å². The van der Waals surface area contributed by atoms with Crippen molar-refractivity contribution in [2.24, 2.45) is 0 Å². The van der Waals surface area contributed by atoms with Gasteiger partial charge in [0.25, 0.3) is 0 Å². The number of carboxylic acids is 2. The van der Waals surface area contributed by atoms with Crippen LogP contribution in [-0.4, -0.2) is 97.1 Å². The largest absolute Gasteiger partial charge is 0.481 e. The minimum Gasteiger partial charge on any atom is -0.481 e. The molecule has 0 atom stereocenters. The molecule has 0 aromatic carbocycles. The number of nitrogens with zero attached hydrogens (tertiary/aromatic N) is 1. The monoisotopic (exact) mass is 437 g/mol. The highest BCUT2D eigenvalue weighted by Crippen LogP contribution is 1.99. The first-order valence-corrected chi connectivity index (χ1v) is 8.96. The lowest BCUT2D eigenvalue weighted by atomic mass is 10.3. The highest BCUT2D eigenvalue weighted by molar-refractivity contribution is 5.78. The number of aliphatic hydroxyl groups is 1. The van der Waals surface area contributed by atoms with E-state index in [1.54, 1.807) is 0 Å². The third kappa shape index (κ3) is 25.1. The molecule has 0 aliphatic heterocycles. The van der Waals surface area contributed by atoms with Gasteiger partial charge in [-0.15, -0.1) is 0 Å². The van der Waals surface area contributed by atoms with E-state index in [1.807, 2.05) is 0 Å². The minimum absolute atomic E-state index is 0.0189. The second kappa shape index (κ2) is 24.2. The Bertz CT molecular complexity index is 508. The number of aliphatic carboxylic acids is 2. The summed E-state index contributed by atoms with van der Waals surface area (Å²) >= 11 is 0. The van der Waals surface area contributed by atoms with E-state index < -0.39 is 17.9 Å². The van der Waals surface area contributed by atoms with Crippen molar-refractivity contribution < 1.29 is 53.6 Å². The summed E-state index contributed by atoms with van der Waals surface area (Å²) in [5, 5.41) is 23.3. The van der Waals surface area contributed by atoms with Crippen molar-refractivity contribution in [2.75, 3.05) is 40.5 Å². The Balaban J connectivity index is -0.000000680. The minimum atomic E-state index is -1.07. The molecular weight excluding hydrogens is 406 g/mol. The van der Waals surface area contributed by atoms with Crippen LogP contribution in [0.4, 0.5) is 0 Å². The fourth-order valence-corrected chi connectivity index (χ4v) is 1.64. The van der Waals surface area contributed by atoms with E-state index in [1.165, 1.54) is 12.0 Å². The number of amides is 1. The first-order valence-electron chi connectivity index (χ1n) is 8.96. The Kier molecular flexibility index (Phi) is 25.6. The predicted octanol–water partition coefficient (Wildman–Crippen LogP) is -0.493. The molecule has 0 fully saturated rings. The molecule has 12 nitrogen and oxygen atoms in total. The zero-order valence-electron chi connectivity index (χ0n) is 17.3. The lowest BCUT2D eigenvalue weighted by Crippen LogP contribution is -2.36. The predicted molar refractivity (Wildman–Crippen MR) is 103 cm³/mol. The quantitative estimate of drug-likeness (QED) is 0.222. The van der Waals surface area contributed by atoms with E-state index >= 15 is 0 Å². The number of carboxylic acid groups (broad SMARTS) is 2. The number of carbonyl (C=O) groups is 6. The molecule has 3 N–H and O–H groups in total. The first-order chi connectivity index (χ1) is 14.3. The van der Waals surface area contributed by atoms with Gasteiger partial charge in [-0.25, -0.2) is 0 Å². The SMILES string of the molecule is CO.COCCN(CCOC(=O)CCC(=O)O)C(=O)CCC=O.O=CCCC(=O)O. The highest BCUT2D eigenvalue weighted by Gasteiger charge is 2.14. The fraction of sp³-hybridized carbons (Fsp3) is 0.667. The summed E-state index contributed by atoms with van der Waals surface area (Å²) in [6.45, 7) is 0.829. The van der Waals surface area contributed by atoms with Crippen molar-refractivity contribution in [3.63, 3.8) is 0 Å². The summed E-state index contributed by atoms with van der Waals surface area (Å²) in [6.07, 6.45) is 1.07. The number of aldehydes is 2. The van der Waals surface area contributed by atoms with Crippen LogP contribution in [0.3, 0.4) is 0 Å². The van der Waals surface area contributed by atoms with Gasteiger partial charge < -0.3 is 39.3 Å². The van der Waals surface area contributed by atoms with E-state index in [9.17, 15) is 28.8 Å². The molecule has 0 radical (unpaired) electrons. The molecule has 174 valence electrons. The molecule has 0 spiro atoms. The molecule has 0 saturated heterocycles. The van der Waals surface area contributed by atoms with Gasteiger partial charge in [0.2, 0.25) is 5.91 Å². The Labute approximate surface area is 174 Å². The number of hydrogen-bond donors (Lipinski definition) is 3. The van der Waals surface area contributed by atoms with E-state index in [0.29, 0.717) is 25.7 Å². The van der Waals surface area contributed by atoms with Gasteiger partial charge in [-0.3, -0.25) is 19.2 Å². The summed E-state index contributed by atoms with van der Waals surface area (Å²) in [6, 6.07) is 0. The van der Waals surface area contributed by atoms with Crippen molar-refractivity contribution in [2.45, 2.75) is 38.5 Å². The summed E-state index contributed by atoms with van der Waals surface area (Å²) < 4.78 is 9.73.